The third-order valence-electron chi connectivity index (χ3n) is 5.32. The van der Waals surface area contributed by atoms with E-state index in [9.17, 15) is 9.18 Å². The van der Waals surface area contributed by atoms with E-state index in [4.69, 9.17) is 0 Å². The Hall–Kier alpha value is -2.20. The van der Waals surface area contributed by atoms with Crippen molar-refractivity contribution in [2.45, 2.75) is 38.8 Å². The molecule has 0 aliphatic carbocycles. The van der Waals surface area contributed by atoms with Gasteiger partial charge in [-0.15, -0.1) is 0 Å². The highest BCUT2D eigenvalue weighted by Crippen LogP contribution is 2.23. The van der Waals surface area contributed by atoms with E-state index in [2.05, 4.69) is 40.5 Å². The first-order valence-corrected chi connectivity index (χ1v) is 9.42. The van der Waals surface area contributed by atoms with Crippen LogP contribution in [0.25, 0.3) is 0 Å². The summed E-state index contributed by atoms with van der Waals surface area (Å²) in [5.74, 6) is 0.478. The SMILES string of the molecule is C[C@H](C(=O)NCc1ccc(F)cc1)N1CCC(Cc2ccccc2)CC1. The summed E-state index contributed by atoms with van der Waals surface area (Å²) in [7, 11) is 0. The molecule has 0 saturated carbocycles. The highest BCUT2D eigenvalue weighted by molar-refractivity contribution is 5.81. The van der Waals surface area contributed by atoms with Gasteiger partial charge in [0.05, 0.1) is 6.04 Å². The van der Waals surface area contributed by atoms with Crippen molar-refractivity contribution in [3.05, 3.63) is 71.5 Å². The van der Waals surface area contributed by atoms with Gasteiger partial charge in [0, 0.05) is 6.54 Å². The molecule has 1 aliphatic rings. The van der Waals surface area contributed by atoms with Gasteiger partial charge in [0.2, 0.25) is 5.91 Å². The molecule has 138 valence electrons. The number of nitrogens with zero attached hydrogens (tertiary/aromatic N) is 1. The molecule has 0 spiro atoms. The van der Waals surface area contributed by atoms with Gasteiger partial charge >= 0.3 is 0 Å². The molecule has 1 saturated heterocycles. The Morgan fingerprint density at radius 3 is 2.38 bits per heavy atom. The number of carbonyl (C=O) groups is 1. The Kier molecular flexibility index (Phi) is 6.40. The molecule has 3 rings (SSSR count). The molecule has 0 unspecified atom stereocenters. The lowest BCUT2D eigenvalue weighted by atomic mass is 9.89. The van der Waals surface area contributed by atoms with Crippen molar-refractivity contribution in [2.24, 2.45) is 5.92 Å². The molecule has 0 aromatic heterocycles. The smallest absolute Gasteiger partial charge is 0.237 e. The zero-order valence-electron chi connectivity index (χ0n) is 15.3. The molecule has 1 heterocycles. The molecule has 3 nitrogen and oxygen atoms in total. The fraction of sp³-hybridized carbons (Fsp3) is 0.409. The van der Waals surface area contributed by atoms with Crippen LogP contribution in [0.5, 0.6) is 0 Å². The van der Waals surface area contributed by atoms with Crippen LogP contribution < -0.4 is 5.32 Å². The number of benzene rings is 2. The molecule has 1 atom stereocenters. The first-order valence-electron chi connectivity index (χ1n) is 9.42. The van der Waals surface area contributed by atoms with E-state index in [1.54, 1.807) is 12.1 Å². The molecule has 4 heteroatoms. The minimum atomic E-state index is -0.258. The molecule has 2 aromatic rings. The molecule has 0 bridgehead atoms. The summed E-state index contributed by atoms with van der Waals surface area (Å²) in [6.07, 6.45) is 3.38. The lowest BCUT2D eigenvalue weighted by molar-refractivity contribution is -0.126. The Bertz CT molecular complexity index is 694. The summed E-state index contributed by atoms with van der Waals surface area (Å²) in [6, 6.07) is 16.7. The van der Waals surface area contributed by atoms with Crippen molar-refractivity contribution in [1.29, 1.82) is 0 Å². The highest BCUT2D eigenvalue weighted by Gasteiger charge is 2.26. The van der Waals surface area contributed by atoms with Crippen LogP contribution in [0.2, 0.25) is 0 Å². The summed E-state index contributed by atoms with van der Waals surface area (Å²) in [6.45, 7) is 4.33. The van der Waals surface area contributed by atoms with Crippen LogP contribution in [0.15, 0.2) is 54.6 Å². The Labute approximate surface area is 155 Å². The van der Waals surface area contributed by atoms with Gasteiger partial charge in [0.25, 0.3) is 0 Å². The molecular weight excluding hydrogens is 327 g/mol. The van der Waals surface area contributed by atoms with E-state index >= 15 is 0 Å². The van der Waals surface area contributed by atoms with Crippen LogP contribution in [0.4, 0.5) is 4.39 Å². The molecule has 1 aliphatic heterocycles. The summed E-state index contributed by atoms with van der Waals surface area (Å²) >= 11 is 0. The molecule has 1 N–H and O–H groups in total. The number of likely N-dealkylation sites (tertiary alicyclic amines) is 1. The van der Waals surface area contributed by atoms with Crippen LogP contribution in [0, 0.1) is 11.7 Å². The first-order chi connectivity index (χ1) is 12.6. The second kappa shape index (κ2) is 8.95. The van der Waals surface area contributed by atoms with Gasteiger partial charge in [-0.05, 0) is 68.5 Å². The first kappa shape index (κ1) is 18.6. The minimum Gasteiger partial charge on any atom is -0.351 e. The predicted molar refractivity (Wildman–Crippen MR) is 102 cm³/mol. The number of amides is 1. The van der Waals surface area contributed by atoms with E-state index in [1.807, 2.05) is 6.92 Å². The van der Waals surface area contributed by atoms with Crippen molar-refractivity contribution < 1.29 is 9.18 Å². The third-order valence-corrected chi connectivity index (χ3v) is 5.32. The molecule has 26 heavy (non-hydrogen) atoms. The summed E-state index contributed by atoms with van der Waals surface area (Å²) in [5, 5.41) is 2.96. The van der Waals surface area contributed by atoms with E-state index in [0.29, 0.717) is 12.5 Å². The van der Waals surface area contributed by atoms with Crippen molar-refractivity contribution in [1.82, 2.24) is 10.2 Å². The number of hydrogen-bond donors (Lipinski definition) is 1. The lowest BCUT2D eigenvalue weighted by Gasteiger charge is -2.35. The van der Waals surface area contributed by atoms with Crippen molar-refractivity contribution in [3.8, 4) is 0 Å². The van der Waals surface area contributed by atoms with Gasteiger partial charge in [0.15, 0.2) is 0 Å². The predicted octanol–water partition coefficient (Wildman–Crippen LogP) is 3.79. The number of halogens is 1. The normalized spacial score (nSPS) is 17.0. The van der Waals surface area contributed by atoms with Crippen LogP contribution >= 0.6 is 0 Å². The number of rotatable bonds is 6. The van der Waals surface area contributed by atoms with E-state index in [0.717, 1.165) is 37.9 Å². The quantitative estimate of drug-likeness (QED) is 0.856. The van der Waals surface area contributed by atoms with Gasteiger partial charge in [-0.2, -0.15) is 0 Å². The fourth-order valence-electron chi connectivity index (χ4n) is 3.60. The number of carbonyl (C=O) groups excluding carboxylic acids is 1. The van der Waals surface area contributed by atoms with Crippen LogP contribution in [-0.4, -0.2) is 29.9 Å². The number of nitrogens with one attached hydrogen (secondary N) is 1. The Morgan fingerprint density at radius 1 is 1.08 bits per heavy atom. The highest BCUT2D eigenvalue weighted by atomic mass is 19.1. The summed E-state index contributed by atoms with van der Waals surface area (Å²) in [5.41, 5.74) is 2.31. The van der Waals surface area contributed by atoms with Crippen molar-refractivity contribution >= 4 is 5.91 Å². The fourth-order valence-corrected chi connectivity index (χ4v) is 3.60. The van der Waals surface area contributed by atoms with Gasteiger partial charge < -0.3 is 5.32 Å². The number of piperidine rings is 1. The Morgan fingerprint density at radius 2 is 1.73 bits per heavy atom. The zero-order valence-corrected chi connectivity index (χ0v) is 15.3. The maximum absolute atomic E-state index is 12.9. The van der Waals surface area contributed by atoms with Crippen LogP contribution in [-0.2, 0) is 17.8 Å². The average Bonchev–Trinajstić information content (AvgIpc) is 2.68. The van der Waals surface area contributed by atoms with E-state index in [-0.39, 0.29) is 17.8 Å². The molecule has 2 aromatic carbocycles. The van der Waals surface area contributed by atoms with E-state index in [1.165, 1.54) is 17.7 Å². The second-order valence-corrected chi connectivity index (χ2v) is 7.19. The van der Waals surface area contributed by atoms with Crippen LogP contribution in [0.3, 0.4) is 0 Å². The Balaban J connectivity index is 1.43. The van der Waals surface area contributed by atoms with Crippen molar-refractivity contribution in [3.63, 3.8) is 0 Å². The minimum absolute atomic E-state index is 0.0378. The number of hydrogen-bond acceptors (Lipinski definition) is 2. The van der Waals surface area contributed by atoms with Gasteiger partial charge in [-0.25, -0.2) is 4.39 Å². The standard InChI is InChI=1S/C22H27FN2O/c1-17(22(26)24-16-20-7-9-21(23)10-8-20)25-13-11-19(12-14-25)15-18-5-3-2-4-6-18/h2-10,17,19H,11-16H2,1H3,(H,24,26)/t17-/m1/s1. The topological polar surface area (TPSA) is 32.3 Å². The monoisotopic (exact) mass is 354 g/mol. The lowest BCUT2D eigenvalue weighted by Crippen LogP contribution is -2.48. The summed E-state index contributed by atoms with van der Waals surface area (Å²) < 4.78 is 12.9. The van der Waals surface area contributed by atoms with Crippen molar-refractivity contribution in [2.75, 3.05) is 13.1 Å². The molecular formula is C22H27FN2O. The molecule has 1 fully saturated rings. The summed E-state index contributed by atoms with van der Waals surface area (Å²) in [4.78, 5) is 14.7. The van der Waals surface area contributed by atoms with Gasteiger partial charge in [-0.1, -0.05) is 42.5 Å². The third kappa shape index (κ3) is 5.15. The maximum atomic E-state index is 12.9. The molecule has 0 radical (unpaired) electrons. The van der Waals surface area contributed by atoms with Gasteiger partial charge in [0.1, 0.15) is 5.82 Å². The molecule has 1 amide bonds. The van der Waals surface area contributed by atoms with Crippen LogP contribution in [0.1, 0.15) is 30.9 Å². The van der Waals surface area contributed by atoms with Gasteiger partial charge in [-0.3, -0.25) is 9.69 Å². The second-order valence-electron chi connectivity index (χ2n) is 7.19. The largest absolute Gasteiger partial charge is 0.351 e. The maximum Gasteiger partial charge on any atom is 0.237 e. The average molecular weight is 354 g/mol. The van der Waals surface area contributed by atoms with E-state index < -0.39 is 0 Å². The zero-order chi connectivity index (χ0) is 18.4.